The Hall–Kier alpha value is -2.13. The summed E-state index contributed by atoms with van der Waals surface area (Å²) in [5, 5.41) is 9.59. The maximum absolute atomic E-state index is 12.3. The first-order valence-corrected chi connectivity index (χ1v) is 6.89. The summed E-state index contributed by atoms with van der Waals surface area (Å²) in [6, 6.07) is 13.9. The summed E-state index contributed by atoms with van der Waals surface area (Å²) in [7, 11) is 0. The van der Waals surface area contributed by atoms with Gasteiger partial charge >= 0.3 is 0 Å². The van der Waals surface area contributed by atoms with E-state index < -0.39 is 0 Å². The van der Waals surface area contributed by atoms with Crippen molar-refractivity contribution < 1.29 is 9.90 Å². The molecule has 0 aromatic heterocycles. The zero-order valence-electron chi connectivity index (χ0n) is 11.0. The van der Waals surface area contributed by atoms with Gasteiger partial charge in [0, 0.05) is 18.2 Å². The average molecular weight is 265 g/mol. The van der Waals surface area contributed by atoms with Crippen LogP contribution in [0.3, 0.4) is 0 Å². The van der Waals surface area contributed by atoms with Gasteiger partial charge in [-0.25, -0.2) is 0 Å². The normalized spacial score (nSPS) is 21.0. The van der Waals surface area contributed by atoms with Gasteiger partial charge in [-0.15, -0.1) is 0 Å². The van der Waals surface area contributed by atoms with Crippen LogP contribution in [0.15, 0.2) is 42.5 Å². The summed E-state index contributed by atoms with van der Waals surface area (Å²) in [6.07, 6.45) is 0.932. The van der Waals surface area contributed by atoms with E-state index in [9.17, 15) is 9.90 Å². The van der Waals surface area contributed by atoms with Gasteiger partial charge in [-0.1, -0.05) is 30.3 Å². The lowest BCUT2D eigenvalue weighted by Crippen LogP contribution is -2.42. The van der Waals surface area contributed by atoms with Crippen molar-refractivity contribution in [1.82, 2.24) is 4.90 Å². The summed E-state index contributed by atoms with van der Waals surface area (Å²) >= 11 is 0. The number of fused-ring (bicyclic) bond motifs is 4. The van der Waals surface area contributed by atoms with Gasteiger partial charge in [0.1, 0.15) is 5.75 Å². The van der Waals surface area contributed by atoms with Crippen LogP contribution in [-0.4, -0.2) is 22.3 Å². The first-order chi connectivity index (χ1) is 9.72. The van der Waals surface area contributed by atoms with Crippen LogP contribution in [0, 0.1) is 0 Å². The number of Topliss-reactive ketones (excluding diaryl/α,β-unsaturated/α-hetero) is 1. The Morgan fingerprint density at radius 2 is 1.85 bits per heavy atom. The van der Waals surface area contributed by atoms with Crippen molar-refractivity contribution in [2.75, 3.05) is 6.54 Å². The van der Waals surface area contributed by atoms with Crippen LogP contribution in [0.2, 0.25) is 0 Å². The molecule has 2 heterocycles. The summed E-state index contributed by atoms with van der Waals surface area (Å²) in [6.45, 7) is 1.27. The van der Waals surface area contributed by atoms with E-state index in [4.69, 9.17) is 0 Å². The van der Waals surface area contributed by atoms with Gasteiger partial charge < -0.3 is 5.11 Å². The third-order valence-corrected chi connectivity index (χ3v) is 4.39. The van der Waals surface area contributed by atoms with Crippen LogP contribution in [0.1, 0.15) is 33.1 Å². The molecule has 2 aliphatic heterocycles. The smallest absolute Gasteiger partial charge is 0.177 e. The highest BCUT2D eigenvalue weighted by atomic mass is 16.3. The lowest BCUT2D eigenvalue weighted by Gasteiger charge is -2.40. The van der Waals surface area contributed by atoms with Crippen molar-refractivity contribution in [3.8, 4) is 5.75 Å². The van der Waals surface area contributed by atoms with Gasteiger partial charge in [0.15, 0.2) is 5.78 Å². The Labute approximate surface area is 117 Å². The predicted molar refractivity (Wildman–Crippen MR) is 75.7 cm³/mol. The third kappa shape index (κ3) is 1.67. The standard InChI is InChI=1S/C17H15NO2/c19-13-5-6-14-15(8-13)17(20)10-18-9-12-4-2-1-3-11(12)7-16(14)18/h1-6,8,16,19H,7,9-10H2. The molecule has 0 saturated carbocycles. The number of phenols is 1. The van der Waals surface area contributed by atoms with Crippen LogP contribution in [0.5, 0.6) is 5.75 Å². The molecular weight excluding hydrogens is 250 g/mol. The van der Waals surface area contributed by atoms with Gasteiger partial charge in [-0.2, -0.15) is 0 Å². The number of hydrogen-bond acceptors (Lipinski definition) is 3. The quantitative estimate of drug-likeness (QED) is 0.796. The molecule has 2 aliphatic rings. The monoisotopic (exact) mass is 265 g/mol. The molecule has 3 heteroatoms. The van der Waals surface area contributed by atoms with E-state index in [1.54, 1.807) is 12.1 Å². The maximum atomic E-state index is 12.3. The predicted octanol–water partition coefficient (Wildman–Crippen LogP) is 2.69. The number of benzene rings is 2. The molecule has 0 amide bonds. The van der Waals surface area contributed by atoms with Crippen molar-refractivity contribution in [3.05, 3.63) is 64.7 Å². The van der Waals surface area contributed by atoms with E-state index in [0.717, 1.165) is 18.5 Å². The topological polar surface area (TPSA) is 40.5 Å². The minimum absolute atomic E-state index is 0.103. The third-order valence-electron chi connectivity index (χ3n) is 4.39. The average Bonchev–Trinajstić information content (AvgIpc) is 2.46. The molecule has 0 aliphatic carbocycles. The maximum Gasteiger partial charge on any atom is 0.177 e. The summed E-state index contributed by atoms with van der Waals surface area (Å²) in [5.41, 5.74) is 4.42. The molecule has 4 rings (SSSR count). The number of hydrogen-bond donors (Lipinski definition) is 1. The summed E-state index contributed by atoms with van der Waals surface area (Å²) in [5.74, 6) is 0.272. The van der Waals surface area contributed by atoms with Gasteiger partial charge in [0.2, 0.25) is 0 Å². The molecular formula is C17H15NO2. The Kier molecular flexibility index (Phi) is 2.44. The van der Waals surface area contributed by atoms with E-state index in [1.165, 1.54) is 11.1 Å². The van der Waals surface area contributed by atoms with Gasteiger partial charge in [-0.05, 0) is 35.2 Å². The van der Waals surface area contributed by atoms with Gasteiger partial charge in [0.05, 0.1) is 6.54 Å². The number of nitrogens with zero attached hydrogens (tertiary/aromatic N) is 1. The molecule has 1 atom stereocenters. The van der Waals surface area contributed by atoms with E-state index in [0.29, 0.717) is 12.1 Å². The summed E-state index contributed by atoms with van der Waals surface area (Å²) in [4.78, 5) is 14.5. The Morgan fingerprint density at radius 3 is 2.70 bits per heavy atom. The highest BCUT2D eigenvalue weighted by Gasteiger charge is 2.35. The number of ketones is 1. The molecule has 100 valence electrons. The molecule has 2 aromatic rings. The van der Waals surface area contributed by atoms with Crippen molar-refractivity contribution in [2.45, 2.75) is 19.0 Å². The SMILES string of the molecule is O=C1CN2Cc3ccccc3CC2c2ccc(O)cc21. The number of rotatable bonds is 0. The van der Waals surface area contributed by atoms with Crippen LogP contribution >= 0.6 is 0 Å². The van der Waals surface area contributed by atoms with Gasteiger partial charge in [0.25, 0.3) is 0 Å². The Bertz CT molecular complexity index is 708. The van der Waals surface area contributed by atoms with Crippen LogP contribution in [-0.2, 0) is 13.0 Å². The Balaban J connectivity index is 1.82. The highest BCUT2D eigenvalue weighted by Crippen LogP contribution is 2.38. The van der Waals surface area contributed by atoms with Crippen LogP contribution < -0.4 is 0 Å². The van der Waals surface area contributed by atoms with E-state index >= 15 is 0 Å². The molecule has 0 saturated heterocycles. The van der Waals surface area contributed by atoms with Crippen LogP contribution in [0.25, 0.3) is 0 Å². The first-order valence-electron chi connectivity index (χ1n) is 6.89. The minimum atomic E-state index is 0.103. The highest BCUT2D eigenvalue weighted by molar-refractivity contribution is 6.00. The summed E-state index contributed by atoms with van der Waals surface area (Å²) < 4.78 is 0. The molecule has 1 unspecified atom stereocenters. The molecule has 0 bridgehead atoms. The number of carbonyl (C=O) groups excluding carboxylic acids is 1. The first kappa shape index (κ1) is 11.7. The van der Waals surface area contributed by atoms with Crippen LogP contribution in [0.4, 0.5) is 0 Å². The second kappa shape index (κ2) is 4.18. The fraction of sp³-hybridized carbons (Fsp3) is 0.235. The second-order valence-electron chi connectivity index (χ2n) is 5.59. The molecule has 0 radical (unpaired) electrons. The molecule has 0 fully saturated rings. The lowest BCUT2D eigenvalue weighted by atomic mass is 9.83. The number of phenolic OH excluding ortho intramolecular Hbond substituents is 1. The zero-order chi connectivity index (χ0) is 13.7. The largest absolute Gasteiger partial charge is 0.508 e. The zero-order valence-corrected chi connectivity index (χ0v) is 11.0. The van der Waals surface area contributed by atoms with E-state index in [-0.39, 0.29) is 17.6 Å². The lowest BCUT2D eigenvalue weighted by molar-refractivity contribution is 0.0818. The Morgan fingerprint density at radius 1 is 1.05 bits per heavy atom. The van der Waals surface area contributed by atoms with Crippen molar-refractivity contribution in [2.24, 2.45) is 0 Å². The minimum Gasteiger partial charge on any atom is -0.508 e. The fourth-order valence-corrected chi connectivity index (χ4v) is 3.40. The van der Waals surface area contributed by atoms with Crippen molar-refractivity contribution in [1.29, 1.82) is 0 Å². The second-order valence-corrected chi connectivity index (χ2v) is 5.59. The van der Waals surface area contributed by atoms with E-state index in [2.05, 4.69) is 29.2 Å². The molecule has 20 heavy (non-hydrogen) atoms. The fourth-order valence-electron chi connectivity index (χ4n) is 3.40. The van der Waals surface area contributed by atoms with E-state index in [1.807, 2.05) is 6.07 Å². The molecule has 2 aromatic carbocycles. The van der Waals surface area contributed by atoms with Crippen molar-refractivity contribution in [3.63, 3.8) is 0 Å². The molecule has 1 N–H and O–H groups in total. The molecule has 3 nitrogen and oxygen atoms in total. The number of aromatic hydroxyl groups is 1. The van der Waals surface area contributed by atoms with Crippen molar-refractivity contribution >= 4 is 5.78 Å². The molecule has 0 spiro atoms. The van der Waals surface area contributed by atoms with Gasteiger partial charge in [-0.3, -0.25) is 9.69 Å². The number of carbonyl (C=O) groups is 1.